The van der Waals surface area contributed by atoms with E-state index in [1.165, 1.54) is 30.5 Å². The number of carbonyl (C=O) groups is 3. The Kier molecular flexibility index (Phi) is 8.51. The van der Waals surface area contributed by atoms with E-state index in [-0.39, 0.29) is 22.9 Å². The van der Waals surface area contributed by atoms with Gasteiger partial charge in [0.25, 0.3) is 11.6 Å². The van der Waals surface area contributed by atoms with Gasteiger partial charge in [-0.2, -0.15) is 5.10 Å². The summed E-state index contributed by atoms with van der Waals surface area (Å²) in [5, 5.41) is 17.5. The fourth-order valence-electron chi connectivity index (χ4n) is 2.84. The van der Waals surface area contributed by atoms with Crippen LogP contribution < -0.4 is 15.5 Å². The third-order valence-corrected chi connectivity index (χ3v) is 5.44. The van der Waals surface area contributed by atoms with Crippen molar-refractivity contribution in [3.63, 3.8) is 0 Å². The molecule has 0 aromatic heterocycles. The summed E-state index contributed by atoms with van der Waals surface area (Å²) in [7, 11) is 0. The first-order valence-corrected chi connectivity index (χ1v) is 11.7. The van der Waals surface area contributed by atoms with E-state index in [4.69, 9.17) is 4.74 Å². The molecule has 11 heteroatoms. The molecule has 2 amide bonds. The summed E-state index contributed by atoms with van der Waals surface area (Å²) in [5.74, 6) is -1.17. The van der Waals surface area contributed by atoms with Gasteiger partial charge < -0.3 is 10.1 Å². The van der Waals surface area contributed by atoms with E-state index in [1.54, 1.807) is 63.2 Å². The minimum atomic E-state index is -0.713. The molecule has 0 heterocycles. The Morgan fingerprint density at radius 1 is 0.973 bits per heavy atom. The number of nitro groups is 1. The Morgan fingerprint density at radius 2 is 1.59 bits per heavy atom. The SMILES string of the molecule is CC(C)(C)C(=O)Nc1ccc(C(=O)N/N=C\c2cc(Br)ccc2OC(=O)c2ccc([N+](=O)[O-])cc2)cc1. The van der Waals surface area contributed by atoms with Gasteiger partial charge in [0.2, 0.25) is 5.91 Å². The normalized spacial score (nSPS) is 11.1. The molecular formula is C26H23BrN4O6. The third-order valence-electron chi connectivity index (χ3n) is 4.94. The van der Waals surface area contributed by atoms with E-state index in [1.807, 2.05) is 0 Å². The molecular weight excluding hydrogens is 544 g/mol. The zero-order chi connectivity index (χ0) is 27.2. The number of ether oxygens (including phenoxy) is 1. The maximum atomic E-state index is 12.5. The lowest BCUT2D eigenvalue weighted by Gasteiger charge is -2.17. The average Bonchev–Trinajstić information content (AvgIpc) is 2.85. The molecule has 0 radical (unpaired) electrons. The Hall–Kier alpha value is -4.38. The number of amides is 2. The summed E-state index contributed by atoms with van der Waals surface area (Å²) < 4.78 is 6.11. The van der Waals surface area contributed by atoms with Crippen molar-refractivity contribution in [2.24, 2.45) is 10.5 Å². The van der Waals surface area contributed by atoms with Gasteiger partial charge in [-0.1, -0.05) is 36.7 Å². The lowest BCUT2D eigenvalue weighted by atomic mass is 9.95. The minimum Gasteiger partial charge on any atom is -0.422 e. The first-order valence-electron chi connectivity index (χ1n) is 10.9. The molecule has 0 saturated carbocycles. The van der Waals surface area contributed by atoms with Gasteiger partial charge in [-0.15, -0.1) is 0 Å². The molecule has 37 heavy (non-hydrogen) atoms. The number of nitrogens with zero attached hydrogens (tertiary/aromatic N) is 2. The fourth-order valence-corrected chi connectivity index (χ4v) is 3.22. The first kappa shape index (κ1) is 27.2. The van der Waals surface area contributed by atoms with Crippen molar-refractivity contribution < 1.29 is 24.0 Å². The molecule has 0 aliphatic heterocycles. The zero-order valence-electron chi connectivity index (χ0n) is 20.2. The van der Waals surface area contributed by atoms with Crippen LogP contribution in [0.1, 0.15) is 47.1 Å². The maximum Gasteiger partial charge on any atom is 0.343 e. The van der Waals surface area contributed by atoms with Crippen molar-refractivity contribution in [1.29, 1.82) is 0 Å². The quantitative estimate of drug-likeness (QED) is 0.130. The average molecular weight is 567 g/mol. The summed E-state index contributed by atoms with van der Waals surface area (Å²) >= 11 is 3.34. The highest BCUT2D eigenvalue weighted by Gasteiger charge is 2.21. The number of carbonyl (C=O) groups excluding carboxylic acids is 3. The summed E-state index contributed by atoms with van der Waals surface area (Å²) in [5.41, 5.74) is 3.12. The molecule has 0 aliphatic carbocycles. The van der Waals surface area contributed by atoms with Crippen molar-refractivity contribution >= 4 is 51.3 Å². The fraction of sp³-hybridized carbons (Fsp3) is 0.154. The van der Waals surface area contributed by atoms with Crippen LogP contribution in [0.25, 0.3) is 0 Å². The number of anilines is 1. The number of nitro benzene ring substituents is 1. The number of hydrogen-bond donors (Lipinski definition) is 2. The number of non-ortho nitro benzene ring substituents is 1. The molecule has 0 aliphatic rings. The van der Waals surface area contributed by atoms with Gasteiger partial charge in [0.15, 0.2) is 0 Å². The van der Waals surface area contributed by atoms with Crippen LogP contribution in [0, 0.1) is 15.5 Å². The van der Waals surface area contributed by atoms with E-state index in [0.29, 0.717) is 21.3 Å². The van der Waals surface area contributed by atoms with Crippen molar-refractivity contribution in [1.82, 2.24) is 5.43 Å². The van der Waals surface area contributed by atoms with Crippen LogP contribution in [-0.2, 0) is 4.79 Å². The van der Waals surface area contributed by atoms with Crippen molar-refractivity contribution in [3.8, 4) is 5.75 Å². The molecule has 2 N–H and O–H groups in total. The minimum absolute atomic E-state index is 0.131. The monoisotopic (exact) mass is 566 g/mol. The highest BCUT2D eigenvalue weighted by Crippen LogP contribution is 2.23. The highest BCUT2D eigenvalue weighted by molar-refractivity contribution is 9.10. The molecule has 0 spiro atoms. The van der Waals surface area contributed by atoms with Crippen LogP contribution >= 0.6 is 15.9 Å². The molecule has 0 saturated heterocycles. The molecule has 3 aromatic carbocycles. The smallest absolute Gasteiger partial charge is 0.343 e. The predicted octanol–water partition coefficient (Wildman–Crippen LogP) is 5.33. The van der Waals surface area contributed by atoms with Gasteiger partial charge in [-0.25, -0.2) is 10.2 Å². The van der Waals surface area contributed by atoms with Gasteiger partial charge in [0, 0.05) is 38.8 Å². The van der Waals surface area contributed by atoms with Crippen molar-refractivity contribution in [2.75, 3.05) is 5.32 Å². The molecule has 0 atom stereocenters. The Labute approximate surface area is 221 Å². The van der Waals surface area contributed by atoms with Gasteiger partial charge in [0.05, 0.1) is 16.7 Å². The summed E-state index contributed by atoms with van der Waals surface area (Å²) in [6, 6.07) is 16.2. The maximum absolute atomic E-state index is 12.5. The van der Waals surface area contributed by atoms with Gasteiger partial charge in [0.1, 0.15) is 5.75 Å². The Balaban J connectivity index is 1.66. The number of halogens is 1. The summed E-state index contributed by atoms with van der Waals surface area (Å²) in [4.78, 5) is 47.3. The van der Waals surface area contributed by atoms with Crippen molar-refractivity contribution in [3.05, 3.63) is 98.0 Å². The molecule has 10 nitrogen and oxygen atoms in total. The highest BCUT2D eigenvalue weighted by atomic mass is 79.9. The van der Waals surface area contributed by atoms with Crippen LogP contribution in [0.4, 0.5) is 11.4 Å². The van der Waals surface area contributed by atoms with E-state index >= 15 is 0 Å². The van der Waals surface area contributed by atoms with Gasteiger partial charge >= 0.3 is 5.97 Å². The molecule has 190 valence electrons. The third kappa shape index (κ3) is 7.55. The number of rotatable bonds is 7. The number of nitrogens with one attached hydrogen (secondary N) is 2. The molecule has 3 aromatic rings. The number of hydrazone groups is 1. The topological polar surface area (TPSA) is 140 Å². The second-order valence-corrected chi connectivity index (χ2v) is 9.77. The van der Waals surface area contributed by atoms with E-state index in [2.05, 4.69) is 31.8 Å². The molecule has 0 bridgehead atoms. The van der Waals surface area contributed by atoms with Gasteiger partial charge in [-0.3, -0.25) is 19.7 Å². The molecule has 0 fully saturated rings. The van der Waals surface area contributed by atoms with Crippen LogP contribution in [0.5, 0.6) is 5.75 Å². The standard InChI is InChI=1S/C26H23BrN4O6/c1-26(2,3)25(34)29-20-9-4-16(5-10-20)23(32)30-28-15-18-14-19(27)8-13-22(18)37-24(33)17-6-11-21(12-7-17)31(35)36/h4-15H,1-3H3,(H,29,34)(H,30,32)/b28-15-. The lowest BCUT2D eigenvalue weighted by Crippen LogP contribution is -2.27. The van der Waals surface area contributed by atoms with Crippen LogP contribution in [0.3, 0.4) is 0 Å². The van der Waals surface area contributed by atoms with E-state index in [0.717, 1.165) is 0 Å². The van der Waals surface area contributed by atoms with Crippen molar-refractivity contribution in [2.45, 2.75) is 20.8 Å². The van der Waals surface area contributed by atoms with E-state index in [9.17, 15) is 24.5 Å². The Bertz CT molecular complexity index is 1360. The number of benzene rings is 3. The summed E-state index contributed by atoms with van der Waals surface area (Å²) in [6.07, 6.45) is 1.32. The lowest BCUT2D eigenvalue weighted by molar-refractivity contribution is -0.384. The largest absolute Gasteiger partial charge is 0.422 e. The Morgan fingerprint density at radius 3 is 2.19 bits per heavy atom. The van der Waals surface area contributed by atoms with Crippen LogP contribution in [0.15, 0.2) is 76.3 Å². The second kappa shape index (κ2) is 11.6. The second-order valence-electron chi connectivity index (χ2n) is 8.86. The number of hydrogen-bond acceptors (Lipinski definition) is 7. The zero-order valence-corrected chi connectivity index (χ0v) is 21.7. The predicted molar refractivity (Wildman–Crippen MR) is 142 cm³/mol. The summed E-state index contributed by atoms with van der Waals surface area (Å²) in [6.45, 7) is 5.40. The van der Waals surface area contributed by atoms with Crippen LogP contribution in [-0.4, -0.2) is 28.9 Å². The molecule has 0 unspecified atom stereocenters. The molecule has 3 rings (SSSR count). The number of esters is 1. The van der Waals surface area contributed by atoms with Crippen LogP contribution in [0.2, 0.25) is 0 Å². The first-order chi connectivity index (χ1) is 17.4. The van der Waals surface area contributed by atoms with Gasteiger partial charge in [-0.05, 0) is 54.6 Å². The van der Waals surface area contributed by atoms with E-state index < -0.39 is 22.2 Å².